The molecular weight excluding hydrogens is 334 g/mol. The van der Waals surface area contributed by atoms with Crippen molar-refractivity contribution in [2.24, 2.45) is 5.92 Å². The van der Waals surface area contributed by atoms with Crippen LogP contribution in [0, 0.1) is 5.92 Å². The Balaban J connectivity index is 1.60. The van der Waals surface area contributed by atoms with Gasteiger partial charge in [-0.15, -0.1) is 0 Å². The van der Waals surface area contributed by atoms with E-state index in [0.717, 1.165) is 42.6 Å². The Labute approximate surface area is 132 Å². The summed E-state index contributed by atoms with van der Waals surface area (Å²) in [6.07, 6.45) is 1.85. The zero-order valence-electron chi connectivity index (χ0n) is 11.7. The fraction of sp³-hybridized carbons (Fsp3) is 0.467. The summed E-state index contributed by atoms with van der Waals surface area (Å²) in [5.41, 5.74) is 0.949. The van der Waals surface area contributed by atoms with Gasteiger partial charge in [0.15, 0.2) is 0 Å². The van der Waals surface area contributed by atoms with Gasteiger partial charge in [-0.1, -0.05) is 21.1 Å². The lowest BCUT2D eigenvalue weighted by Gasteiger charge is -2.25. The lowest BCUT2D eigenvalue weighted by molar-refractivity contribution is 0.296. The van der Waals surface area contributed by atoms with E-state index in [9.17, 15) is 0 Å². The molecule has 5 nitrogen and oxygen atoms in total. The number of nitrogens with one attached hydrogen (secondary N) is 1. The van der Waals surface area contributed by atoms with E-state index in [1.54, 1.807) is 0 Å². The molecule has 1 aromatic carbocycles. The van der Waals surface area contributed by atoms with E-state index in [0.29, 0.717) is 24.2 Å². The van der Waals surface area contributed by atoms with Gasteiger partial charge in [0.05, 0.1) is 6.61 Å². The van der Waals surface area contributed by atoms with Crippen LogP contribution in [0.4, 0.5) is 0 Å². The number of benzene rings is 1. The molecule has 0 amide bonds. The highest BCUT2D eigenvalue weighted by molar-refractivity contribution is 9.09. The maximum absolute atomic E-state index is 5.62. The topological polar surface area (TPSA) is 60.2 Å². The van der Waals surface area contributed by atoms with Crippen LogP contribution in [0.2, 0.25) is 0 Å². The van der Waals surface area contributed by atoms with Crippen molar-refractivity contribution < 1.29 is 9.26 Å². The predicted molar refractivity (Wildman–Crippen MR) is 83.7 cm³/mol. The summed E-state index contributed by atoms with van der Waals surface area (Å²) in [4.78, 5) is 4.45. The summed E-state index contributed by atoms with van der Waals surface area (Å²) >= 11 is 3.38. The number of rotatable bonds is 7. The first-order valence-electron chi connectivity index (χ1n) is 7.17. The fourth-order valence-electron chi connectivity index (χ4n) is 2.14. The van der Waals surface area contributed by atoms with Gasteiger partial charge in [-0.3, -0.25) is 0 Å². The van der Waals surface area contributed by atoms with Crippen molar-refractivity contribution >= 4 is 15.9 Å². The third-order valence-electron chi connectivity index (χ3n) is 3.46. The number of alkyl halides is 1. The third kappa shape index (κ3) is 3.83. The fourth-order valence-corrected chi connectivity index (χ4v) is 2.37. The van der Waals surface area contributed by atoms with Crippen molar-refractivity contribution in [3.8, 4) is 17.1 Å². The average Bonchev–Trinajstić information content (AvgIpc) is 2.93. The van der Waals surface area contributed by atoms with E-state index < -0.39 is 0 Å². The first kappa shape index (κ1) is 14.5. The summed E-state index contributed by atoms with van der Waals surface area (Å²) in [5.74, 6) is 2.85. The van der Waals surface area contributed by atoms with E-state index in [2.05, 4.69) is 31.4 Å². The van der Waals surface area contributed by atoms with Crippen LogP contribution in [0.15, 0.2) is 28.8 Å². The smallest absolute Gasteiger partial charge is 0.227 e. The van der Waals surface area contributed by atoms with Crippen LogP contribution in [0.25, 0.3) is 11.4 Å². The van der Waals surface area contributed by atoms with Crippen LogP contribution in [-0.4, -0.2) is 35.2 Å². The molecule has 1 saturated heterocycles. The normalized spacial score (nSPS) is 14.9. The van der Waals surface area contributed by atoms with Crippen molar-refractivity contribution in [3.05, 3.63) is 30.2 Å². The molecule has 2 aromatic rings. The molecule has 2 heterocycles. The number of aromatic nitrogens is 2. The van der Waals surface area contributed by atoms with Crippen LogP contribution in [0.1, 0.15) is 12.3 Å². The van der Waals surface area contributed by atoms with Crippen molar-refractivity contribution in [1.29, 1.82) is 0 Å². The minimum absolute atomic E-state index is 0.628. The molecule has 1 aliphatic rings. The van der Waals surface area contributed by atoms with Gasteiger partial charge < -0.3 is 14.6 Å². The van der Waals surface area contributed by atoms with Crippen molar-refractivity contribution in [2.45, 2.75) is 12.8 Å². The third-order valence-corrected chi connectivity index (χ3v) is 4.02. The standard InChI is InChI=1S/C15H18BrN3O2/c16-6-1-7-20-13-4-2-12(3-5-13)15-18-14(21-19-15)8-11-9-17-10-11/h2-5,11,17H,1,6-10H2. The molecule has 0 unspecified atom stereocenters. The lowest BCUT2D eigenvalue weighted by atomic mass is 10.00. The number of hydrogen-bond acceptors (Lipinski definition) is 5. The highest BCUT2D eigenvalue weighted by atomic mass is 79.9. The number of nitrogens with zero attached hydrogens (tertiary/aromatic N) is 2. The maximum atomic E-state index is 5.62. The molecule has 1 N–H and O–H groups in total. The first-order valence-corrected chi connectivity index (χ1v) is 8.30. The molecule has 112 valence electrons. The molecule has 21 heavy (non-hydrogen) atoms. The Kier molecular flexibility index (Phi) is 4.87. The van der Waals surface area contributed by atoms with E-state index in [4.69, 9.17) is 9.26 Å². The SMILES string of the molecule is BrCCCOc1ccc(-c2noc(CC3CNC3)n2)cc1. The number of halogens is 1. The average molecular weight is 352 g/mol. The van der Waals surface area contributed by atoms with Crippen LogP contribution >= 0.6 is 15.9 Å². The van der Waals surface area contributed by atoms with Gasteiger partial charge in [0.1, 0.15) is 5.75 Å². The van der Waals surface area contributed by atoms with Crippen LogP contribution in [-0.2, 0) is 6.42 Å². The van der Waals surface area contributed by atoms with Gasteiger partial charge >= 0.3 is 0 Å². The molecule has 0 saturated carbocycles. The number of hydrogen-bond donors (Lipinski definition) is 1. The minimum Gasteiger partial charge on any atom is -0.494 e. The quantitative estimate of drug-likeness (QED) is 0.613. The van der Waals surface area contributed by atoms with E-state index in [1.165, 1.54) is 0 Å². The summed E-state index contributed by atoms with van der Waals surface area (Å²) in [5, 5.41) is 8.24. The monoisotopic (exact) mass is 351 g/mol. The molecule has 1 fully saturated rings. The summed E-state index contributed by atoms with van der Waals surface area (Å²) < 4.78 is 10.9. The molecule has 0 atom stereocenters. The highest BCUT2D eigenvalue weighted by Gasteiger charge is 2.20. The zero-order chi connectivity index (χ0) is 14.5. The van der Waals surface area contributed by atoms with Gasteiger partial charge in [-0.25, -0.2) is 0 Å². The van der Waals surface area contributed by atoms with E-state index in [-0.39, 0.29) is 0 Å². The predicted octanol–water partition coefficient (Wildman–Crippen LogP) is 2.66. The van der Waals surface area contributed by atoms with Gasteiger partial charge in [-0.05, 0) is 49.7 Å². The largest absolute Gasteiger partial charge is 0.494 e. The van der Waals surface area contributed by atoms with Crippen LogP contribution < -0.4 is 10.1 Å². The molecule has 0 spiro atoms. The van der Waals surface area contributed by atoms with Crippen LogP contribution in [0.5, 0.6) is 5.75 Å². The van der Waals surface area contributed by atoms with Crippen LogP contribution in [0.3, 0.4) is 0 Å². The van der Waals surface area contributed by atoms with E-state index in [1.807, 2.05) is 24.3 Å². The maximum Gasteiger partial charge on any atom is 0.227 e. The number of ether oxygens (including phenoxy) is 1. The summed E-state index contributed by atoms with van der Waals surface area (Å²) in [6, 6.07) is 7.80. The molecule has 1 aliphatic heterocycles. The van der Waals surface area contributed by atoms with E-state index >= 15 is 0 Å². The zero-order valence-corrected chi connectivity index (χ0v) is 13.3. The van der Waals surface area contributed by atoms with Crippen molar-refractivity contribution in [3.63, 3.8) is 0 Å². The second-order valence-corrected chi connectivity index (χ2v) is 5.95. The molecule has 1 aromatic heterocycles. The molecule has 3 rings (SSSR count). The van der Waals surface area contributed by atoms with Crippen molar-refractivity contribution in [2.75, 3.05) is 25.0 Å². The van der Waals surface area contributed by atoms with Gasteiger partial charge in [0, 0.05) is 17.3 Å². The molecule has 0 aliphatic carbocycles. The molecular formula is C15H18BrN3O2. The minimum atomic E-state index is 0.628. The molecule has 0 radical (unpaired) electrons. The Morgan fingerprint density at radius 1 is 1.29 bits per heavy atom. The Morgan fingerprint density at radius 3 is 2.76 bits per heavy atom. The summed E-state index contributed by atoms with van der Waals surface area (Å²) in [6.45, 7) is 2.79. The van der Waals surface area contributed by atoms with Crippen molar-refractivity contribution in [1.82, 2.24) is 15.5 Å². The highest BCUT2D eigenvalue weighted by Crippen LogP contribution is 2.21. The summed E-state index contributed by atoms with van der Waals surface area (Å²) in [7, 11) is 0. The van der Waals surface area contributed by atoms with Gasteiger partial charge in [0.25, 0.3) is 0 Å². The molecule has 6 heteroatoms. The Bertz CT molecular complexity index is 567. The second kappa shape index (κ2) is 7.04. The van der Waals surface area contributed by atoms with Gasteiger partial charge in [0.2, 0.25) is 11.7 Å². The first-order chi connectivity index (χ1) is 10.3. The Morgan fingerprint density at radius 2 is 2.10 bits per heavy atom. The second-order valence-electron chi connectivity index (χ2n) is 5.16. The van der Waals surface area contributed by atoms with Gasteiger partial charge in [-0.2, -0.15) is 4.98 Å². The lowest BCUT2D eigenvalue weighted by Crippen LogP contribution is -2.43. The Hall–Kier alpha value is -1.40. The molecule has 0 bridgehead atoms.